The van der Waals surface area contributed by atoms with Crippen LogP contribution in [0.5, 0.6) is 0 Å². The summed E-state index contributed by atoms with van der Waals surface area (Å²) in [5.41, 5.74) is 2.02. The summed E-state index contributed by atoms with van der Waals surface area (Å²) in [6, 6.07) is 7.21. The third kappa shape index (κ3) is 5.12. The summed E-state index contributed by atoms with van der Waals surface area (Å²) in [5.74, 6) is 1.46. The molecule has 2 aromatic rings. The number of carbonyl (C=O) groups excluding carboxylic acids is 1. The van der Waals surface area contributed by atoms with Crippen LogP contribution >= 0.6 is 15.9 Å². The highest BCUT2D eigenvalue weighted by molar-refractivity contribution is 9.10. The Morgan fingerprint density at radius 1 is 1.24 bits per heavy atom. The fourth-order valence-electron chi connectivity index (χ4n) is 2.81. The highest BCUT2D eigenvalue weighted by Crippen LogP contribution is 2.27. The molecule has 0 aliphatic heterocycles. The lowest BCUT2D eigenvalue weighted by Crippen LogP contribution is -2.19. The van der Waals surface area contributed by atoms with Crippen LogP contribution in [0.1, 0.15) is 16.8 Å². The fourth-order valence-corrected chi connectivity index (χ4v) is 3.10. The largest absolute Gasteiger partial charge is 0.497 e. The number of ether oxygens (including phenoxy) is 2. The molecule has 1 aliphatic rings. The molecule has 0 saturated carbocycles. The van der Waals surface area contributed by atoms with Crippen LogP contribution in [0.4, 0.5) is 17.5 Å². The quantitative estimate of drug-likeness (QED) is 0.581. The first-order chi connectivity index (χ1) is 14.0. The Bertz CT molecular complexity index is 961. The number of nitrogens with one attached hydrogen (secondary N) is 3. The number of carbonyl (C=O) groups is 1. The highest BCUT2D eigenvalue weighted by Gasteiger charge is 2.17. The van der Waals surface area contributed by atoms with Crippen molar-refractivity contribution >= 4 is 39.3 Å². The van der Waals surface area contributed by atoms with E-state index < -0.39 is 0 Å². The lowest BCUT2D eigenvalue weighted by molar-refractivity contribution is 0.0964. The van der Waals surface area contributed by atoms with Crippen molar-refractivity contribution in [2.75, 3.05) is 31.9 Å². The number of nitrogens with zero attached hydrogens (tertiary/aromatic N) is 2. The molecule has 29 heavy (non-hydrogen) atoms. The van der Waals surface area contributed by atoms with Crippen LogP contribution in [-0.4, -0.2) is 43.2 Å². The molecule has 3 N–H and O–H groups in total. The summed E-state index contributed by atoms with van der Waals surface area (Å²) in [4.78, 5) is 21.0. The number of aromatic nitrogens is 2. The predicted octanol–water partition coefficient (Wildman–Crippen LogP) is 3.59. The number of hydrogen-bond acceptors (Lipinski definition) is 7. The Morgan fingerprint density at radius 3 is 2.76 bits per heavy atom. The number of hydrogen-bond donors (Lipinski definition) is 3. The molecule has 1 aromatic carbocycles. The molecule has 0 spiro atoms. The van der Waals surface area contributed by atoms with Gasteiger partial charge in [-0.1, -0.05) is 12.1 Å². The van der Waals surface area contributed by atoms with Gasteiger partial charge in [-0.25, -0.2) is 4.98 Å². The summed E-state index contributed by atoms with van der Waals surface area (Å²) >= 11 is 3.45. The van der Waals surface area contributed by atoms with E-state index in [9.17, 15) is 4.79 Å². The Morgan fingerprint density at radius 2 is 2.03 bits per heavy atom. The molecule has 152 valence electrons. The van der Waals surface area contributed by atoms with Gasteiger partial charge in [0.05, 0.1) is 28.9 Å². The second kappa shape index (κ2) is 9.53. The van der Waals surface area contributed by atoms with Gasteiger partial charge in [-0.3, -0.25) is 4.79 Å². The van der Waals surface area contributed by atoms with Crippen LogP contribution in [-0.2, 0) is 9.47 Å². The summed E-state index contributed by atoms with van der Waals surface area (Å²) in [5, 5.41) is 9.04. The molecular weight excluding hydrogens is 438 g/mol. The number of amides is 1. The number of rotatable bonds is 7. The zero-order valence-corrected chi connectivity index (χ0v) is 17.9. The first kappa shape index (κ1) is 20.8. The smallest absolute Gasteiger partial charge is 0.253 e. The van der Waals surface area contributed by atoms with Crippen LogP contribution in [0.15, 0.2) is 58.5 Å². The molecule has 1 amide bonds. The zero-order valence-electron chi connectivity index (χ0n) is 16.3. The third-order valence-corrected chi connectivity index (χ3v) is 4.87. The van der Waals surface area contributed by atoms with Crippen LogP contribution in [0, 0.1) is 0 Å². The monoisotopic (exact) mass is 459 g/mol. The molecule has 0 bridgehead atoms. The number of benzene rings is 1. The van der Waals surface area contributed by atoms with Gasteiger partial charge in [-0.2, -0.15) is 4.98 Å². The average molecular weight is 460 g/mol. The molecule has 0 saturated heterocycles. The molecule has 0 radical (unpaired) electrons. The molecule has 1 aromatic heterocycles. The van der Waals surface area contributed by atoms with Gasteiger partial charge < -0.3 is 25.4 Å². The number of halogens is 1. The molecule has 1 aliphatic carbocycles. The number of allylic oxidation sites excluding steroid dienone is 1. The minimum Gasteiger partial charge on any atom is -0.497 e. The van der Waals surface area contributed by atoms with Crippen molar-refractivity contribution < 1.29 is 14.3 Å². The van der Waals surface area contributed by atoms with E-state index in [4.69, 9.17) is 9.47 Å². The van der Waals surface area contributed by atoms with Gasteiger partial charge in [0.15, 0.2) is 0 Å². The molecule has 1 atom stereocenters. The van der Waals surface area contributed by atoms with E-state index in [2.05, 4.69) is 41.8 Å². The van der Waals surface area contributed by atoms with E-state index in [1.54, 1.807) is 39.6 Å². The van der Waals surface area contributed by atoms with Crippen LogP contribution in [0.3, 0.4) is 0 Å². The van der Waals surface area contributed by atoms with E-state index in [1.165, 1.54) is 0 Å². The molecule has 0 fully saturated rings. The second-order valence-corrected chi connectivity index (χ2v) is 7.04. The van der Waals surface area contributed by atoms with E-state index in [1.807, 2.05) is 24.3 Å². The van der Waals surface area contributed by atoms with Crippen LogP contribution in [0.2, 0.25) is 0 Å². The Hall–Kier alpha value is -2.91. The van der Waals surface area contributed by atoms with Gasteiger partial charge in [0.1, 0.15) is 11.6 Å². The van der Waals surface area contributed by atoms with Crippen molar-refractivity contribution in [2.24, 2.45) is 0 Å². The minimum atomic E-state index is -0.187. The topological polar surface area (TPSA) is 97.4 Å². The fraction of sp³-hybridized carbons (Fsp3) is 0.250. The molecule has 8 nitrogen and oxygen atoms in total. The van der Waals surface area contributed by atoms with Gasteiger partial charge in [-0.05, 0) is 40.2 Å². The van der Waals surface area contributed by atoms with E-state index in [0.29, 0.717) is 39.7 Å². The summed E-state index contributed by atoms with van der Waals surface area (Å²) in [6.45, 7) is 0. The van der Waals surface area contributed by atoms with Crippen molar-refractivity contribution in [3.8, 4) is 0 Å². The van der Waals surface area contributed by atoms with Crippen LogP contribution in [0.25, 0.3) is 0 Å². The molecule has 1 heterocycles. The standard InChI is InChI=1S/C20H22BrN5O3/c1-22-19(27)15-6-4-5-7-17(15)25-18-16(21)11-23-20(26-18)24-12-8-13(28-2)10-14(9-12)29-3/h4-8,10-11,14H,9H2,1-3H3,(H,22,27)(H2,23,24,25,26). The normalized spacial score (nSPS) is 15.8. The van der Waals surface area contributed by atoms with Crippen LogP contribution < -0.4 is 16.0 Å². The Labute approximate surface area is 177 Å². The lowest BCUT2D eigenvalue weighted by atomic mass is 10.1. The number of anilines is 3. The summed E-state index contributed by atoms with van der Waals surface area (Å²) < 4.78 is 11.4. The number of methoxy groups -OCH3 is 2. The van der Waals surface area contributed by atoms with Gasteiger partial charge in [0.2, 0.25) is 5.95 Å². The average Bonchev–Trinajstić information content (AvgIpc) is 2.75. The van der Waals surface area contributed by atoms with Crippen molar-refractivity contribution in [1.29, 1.82) is 0 Å². The Balaban J connectivity index is 1.84. The van der Waals surface area contributed by atoms with E-state index >= 15 is 0 Å². The highest BCUT2D eigenvalue weighted by atomic mass is 79.9. The summed E-state index contributed by atoms with van der Waals surface area (Å²) in [6.07, 6.45) is 5.99. The first-order valence-corrected chi connectivity index (χ1v) is 9.70. The maximum absolute atomic E-state index is 12.1. The second-order valence-electron chi connectivity index (χ2n) is 6.19. The lowest BCUT2D eigenvalue weighted by Gasteiger charge is -2.21. The van der Waals surface area contributed by atoms with Crippen molar-refractivity contribution in [1.82, 2.24) is 15.3 Å². The molecule has 3 rings (SSSR count). The zero-order chi connectivity index (χ0) is 20.8. The molecule has 1 unspecified atom stereocenters. The van der Waals surface area contributed by atoms with Gasteiger partial charge >= 0.3 is 0 Å². The maximum atomic E-state index is 12.1. The van der Waals surface area contributed by atoms with Crippen molar-refractivity contribution in [2.45, 2.75) is 12.5 Å². The number of para-hydroxylation sites is 1. The maximum Gasteiger partial charge on any atom is 0.253 e. The van der Waals surface area contributed by atoms with Crippen molar-refractivity contribution in [3.05, 3.63) is 64.1 Å². The van der Waals surface area contributed by atoms with E-state index in [0.717, 1.165) is 5.70 Å². The van der Waals surface area contributed by atoms with Crippen molar-refractivity contribution in [3.63, 3.8) is 0 Å². The predicted molar refractivity (Wildman–Crippen MR) is 115 cm³/mol. The van der Waals surface area contributed by atoms with Gasteiger partial charge in [0, 0.05) is 32.5 Å². The summed E-state index contributed by atoms with van der Waals surface area (Å²) in [7, 11) is 4.86. The van der Waals surface area contributed by atoms with E-state index in [-0.39, 0.29) is 12.0 Å². The molecular formula is C20H22BrN5O3. The van der Waals surface area contributed by atoms with Gasteiger partial charge in [0.25, 0.3) is 5.91 Å². The Kier molecular flexibility index (Phi) is 6.84. The first-order valence-electron chi connectivity index (χ1n) is 8.91. The third-order valence-electron chi connectivity index (χ3n) is 4.29. The minimum absolute atomic E-state index is 0.0927. The molecule has 9 heteroatoms. The SMILES string of the molecule is CNC(=O)c1ccccc1Nc1nc(NC2=CC(OC)=CC(OC)C2)ncc1Br. The van der Waals surface area contributed by atoms with Gasteiger partial charge in [-0.15, -0.1) is 0 Å².